The van der Waals surface area contributed by atoms with Crippen LogP contribution in [0.3, 0.4) is 0 Å². The monoisotopic (exact) mass is 357 g/mol. The van der Waals surface area contributed by atoms with Crippen molar-refractivity contribution in [3.63, 3.8) is 0 Å². The topological polar surface area (TPSA) is 76.7 Å². The zero-order valence-corrected chi connectivity index (χ0v) is 15.5. The number of hydrogen-bond donors (Lipinski definition) is 1. The molecule has 26 heavy (non-hydrogen) atoms. The van der Waals surface area contributed by atoms with Crippen molar-refractivity contribution in [2.24, 2.45) is 0 Å². The van der Waals surface area contributed by atoms with Gasteiger partial charge in [0.15, 0.2) is 11.5 Å². The lowest BCUT2D eigenvalue weighted by Crippen LogP contribution is -2.22. The molecule has 3 heterocycles. The number of likely N-dealkylation sites (tertiary alicyclic amines) is 1. The van der Waals surface area contributed by atoms with Crippen molar-refractivity contribution in [2.45, 2.75) is 19.3 Å². The van der Waals surface area contributed by atoms with Crippen molar-refractivity contribution < 1.29 is 9.47 Å². The number of pyridine rings is 2. The van der Waals surface area contributed by atoms with Gasteiger partial charge < -0.3 is 25.0 Å². The van der Waals surface area contributed by atoms with E-state index in [4.69, 9.17) is 15.2 Å². The Kier molecular flexibility index (Phi) is 6.12. The van der Waals surface area contributed by atoms with Crippen LogP contribution in [0.4, 0.5) is 17.3 Å². The molecule has 7 nitrogen and oxygen atoms in total. The molecule has 2 aromatic heterocycles. The van der Waals surface area contributed by atoms with E-state index in [1.165, 1.54) is 25.9 Å². The molecule has 0 saturated carbocycles. The highest BCUT2D eigenvalue weighted by molar-refractivity contribution is 5.61. The Hall–Kier alpha value is -2.54. The van der Waals surface area contributed by atoms with Crippen LogP contribution < -0.4 is 20.1 Å². The zero-order chi connectivity index (χ0) is 18.4. The quantitative estimate of drug-likeness (QED) is 0.728. The Labute approximate surface area is 154 Å². The van der Waals surface area contributed by atoms with Gasteiger partial charge in [0.2, 0.25) is 0 Å². The smallest absolute Gasteiger partial charge is 0.179 e. The van der Waals surface area contributed by atoms with Crippen molar-refractivity contribution in [1.82, 2.24) is 14.9 Å². The third kappa shape index (κ3) is 4.54. The fraction of sp³-hybridized carbons (Fsp3) is 0.474. The summed E-state index contributed by atoms with van der Waals surface area (Å²) >= 11 is 0. The molecule has 0 aliphatic carbocycles. The molecule has 2 aromatic rings. The minimum absolute atomic E-state index is 0.629. The van der Waals surface area contributed by atoms with Gasteiger partial charge in [-0.2, -0.15) is 0 Å². The first kappa shape index (κ1) is 18.3. The predicted octanol–water partition coefficient (Wildman–Crippen LogP) is 2.70. The lowest BCUT2D eigenvalue weighted by atomic mass is 10.3. The van der Waals surface area contributed by atoms with Gasteiger partial charge >= 0.3 is 0 Å². The van der Waals surface area contributed by atoms with Crippen LogP contribution in [0.2, 0.25) is 0 Å². The standard InChI is InChI=1S/C19H27N5O2/c1-23(18-12-15(20)6-7-21-18)19-13-16(17(25-2)14-22-19)26-11-5-10-24-8-3-4-9-24/h6-7,12-14H,3-5,8-11H2,1-2H3,(H2,20,21). The molecule has 1 fully saturated rings. The third-order valence-electron chi connectivity index (χ3n) is 4.57. The van der Waals surface area contributed by atoms with Crippen molar-refractivity contribution >= 4 is 17.3 Å². The van der Waals surface area contributed by atoms with Crippen LogP contribution in [-0.2, 0) is 0 Å². The molecule has 3 rings (SSSR count). The molecular formula is C19H27N5O2. The molecular weight excluding hydrogens is 330 g/mol. The van der Waals surface area contributed by atoms with E-state index < -0.39 is 0 Å². The van der Waals surface area contributed by atoms with Crippen LogP contribution in [0.25, 0.3) is 0 Å². The number of aromatic nitrogens is 2. The Morgan fingerprint density at radius 2 is 1.92 bits per heavy atom. The van der Waals surface area contributed by atoms with E-state index in [1.54, 1.807) is 25.6 Å². The van der Waals surface area contributed by atoms with E-state index >= 15 is 0 Å². The second kappa shape index (κ2) is 8.71. The molecule has 0 amide bonds. The minimum Gasteiger partial charge on any atom is -0.491 e. The summed E-state index contributed by atoms with van der Waals surface area (Å²) in [6, 6.07) is 5.44. The fourth-order valence-electron chi connectivity index (χ4n) is 3.08. The maximum Gasteiger partial charge on any atom is 0.179 e. The van der Waals surface area contributed by atoms with Crippen LogP contribution in [0, 0.1) is 0 Å². The van der Waals surface area contributed by atoms with Crippen LogP contribution in [0.1, 0.15) is 19.3 Å². The zero-order valence-electron chi connectivity index (χ0n) is 15.5. The summed E-state index contributed by atoms with van der Waals surface area (Å²) in [6.07, 6.45) is 6.97. The average Bonchev–Trinajstić information content (AvgIpc) is 3.18. The maximum atomic E-state index is 5.97. The Morgan fingerprint density at radius 3 is 2.65 bits per heavy atom. The normalized spacial score (nSPS) is 14.4. The van der Waals surface area contributed by atoms with Crippen LogP contribution >= 0.6 is 0 Å². The minimum atomic E-state index is 0.629. The molecule has 1 saturated heterocycles. The lowest BCUT2D eigenvalue weighted by Gasteiger charge is -2.19. The predicted molar refractivity (Wildman–Crippen MR) is 103 cm³/mol. The Balaban J connectivity index is 1.65. The second-order valence-corrected chi connectivity index (χ2v) is 6.45. The molecule has 2 N–H and O–H groups in total. The van der Waals surface area contributed by atoms with Crippen LogP contribution in [0.5, 0.6) is 11.5 Å². The highest BCUT2D eigenvalue weighted by Crippen LogP contribution is 2.31. The van der Waals surface area contributed by atoms with Gasteiger partial charge in [-0.05, 0) is 38.4 Å². The van der Waals surface area contributed by atoms with Gasteiger partial charge in [-0.15, -0.1) is 0 Å². The maximum absolute atomic E-state index is 5.97. The number of rotatable bonds is 8. The summed E-state index contributed by atoms with van der Waals surface area (Å²) in [5, 5.41) is 0. The molecule has 0 radical (unpaired) electrons. The highest BCUT2D eigenvalue weighted by atomic mass is 16.5. The van der Waals surface area contributed by atoms with Gasteiger partial charge in [-0.1, -0.05) is 0 Å². The first-order valence-corrected chi connectivity index (χ1v) is 9.02. The van der Waals surface area contributed by atoms with Crippen LogP contribution in [0.15, 0.2) is 30.6 Å². The first-order chi connectivity index (χ1) is 12.7. The van der Waals surface area contributed by atoms with Crippen molar-refractivity contribution in [3.05, 3.63) is 30.6 Å². The summed E-state index contributed by atoms with van der Waals surface area (Å²) in [7, 11) is 3.52. The van der Waals surface area contributed by atoms with Gasteiger partial charge in [-0.25, -0.2) is 9.97 Å². The summed E-state index contributed by atoms with van der Waals surface area (Å²) in [5.74, 6) is 2.76. The lowest BCUT2D eigenvalue weighted by molar-refractivity contribution is 0.254. The fourth-order valence-corrected chi connectivity index (χ4v) is 3.08. The number of anilines is 3. The number of ether oxygens (including phenoxy) is 2. The molecule has 0 spiro atoms. The Morgan fingerprint density at radius 1 is 1.15 bits per heavy atom. The SMILES string of the molecule is COc1cnc(N(C)c2cc(N)ccn2)cc1OCCCN1CCCC1. The first-order valence-electron chi connectivity index (χ1n) is 9.02. The van der Waals surface area contributed by atoms with E-state index in [2.05, 4.69) is 14.9 Å². The third-order valence-corrected chi connectivity index (χ3v) is 4.57. The van der Waals surface area contributed by atoms with Gasteiger partial charge in [-0.3, -0.25) is 0 Å². The van der Waals surface area contributed by atoms with Crippen molar-refractivity contribution in [2.75, 3.05) is 51.0 Å². The molecule has 0 bridgehead atoms. The molecule has 7 heteroatoms. The molecule has 0 aromatic carbocycles. The molecule has 1 aliphatic heterocycles. The average molecular weight is 357 g/mol. The van der Waals surface area contributed by atoms with E-state index in [0.29, 0.717) is 23.8 Å². The number of hydrogen-bond acceptors (Lipinski definition) is 7. The van der Waals surface area contributed by atoms with Crippen molar-refractivity contribution in [1.29, 1.82) is 0 Å². The summed E-state index contributed by atoms with van der Waals surface area (Å²) in [5.41, 5.74) is 6.51. The summed E-state index contributed by atoms with van der Waals surface area (Å²) < 4.78 is 11.4. The molecule has 1 aliphatic rings. The second-order valence-electron chi connectivity index (χ2n) is 6.45. The molecule has 0 atom stereocenters. The highest BCUT2D eigenvalue weighted by Gasteiger charge is 2.14. The largest absolute Gasteiger partial charge is 0.491 e. The van der Waals surface area contributed by atoms with E-state index in [1.807, 2.05) is 24.1 Å². The van der Waals surface area contributed by atoms with Crippen LogP contribution in [-0.4, -0.2) is 55.3 Å². The van der Waals surface area contributed by atoms with E-state index in [-0.39, 0.29) is 0 Å². The van der Waals surface area contributed by atoms with E-state index in [9.17, 15) is 0 Å². The van der Waals surface area contributed by atoms with Gasteiger partial charge in [0.1, 0.15) is 11.6 Å². The number of nitrogens with two attached hydrogens (primary N) is 1. The summed E-state index contributed by atoms with van der Waals surface area (Å²) in [4.78, 5) is 13.1. The molecule has 0 unspecified atom stereocenters. The summed E-state index contributed by atoms with van der Waals surface area (Å²) in [6.45, 7) is 4.14. The number of methoxy groups -OCH3 is 1. The number of nitrogens with zero attached hydrogens (tertiary/aromatic N) is 4. The van der Waals surface area contributed by atoms with Gasteiger partial charge in [0, 0.05) is 37.6 Å². The van der Waals surface area contributed by atoms with Crippen molar-refractivity contribution in [3.8, 4) is 11.5 Å². The Bertz CT molecular complexity index is 719. The van der Waals surface area contributed by atoms with E-state index in [0.717, 1.165) is 24.6 Å². The van der Waals surface area contributed by atoms with Gasteiger partial charge in [0.05, 0.1) is 19.9 Å². The number of nitrogen functional groups attached to an aromatic ring is 1. The van der Waals surface area contributed by atoms with Gasteiger partial charge in [0.25, 0.3) is 0 Å². The molecule has 140 valence electrons.